The Hall–Kier alpha value is -2.11. The lowest BCUT2D eigenvalue weighted by Crippen LogP contribution is -2.49. The molecule has 21 heavy (non-hydrogen) atoms. The summed E-state index contributed by atoms with van der Waals surface area (Å²) in [6.45, 7) is 8.09. The van der Waals surface area contributed by atoms with E-state index in [2.05, 4.69) is 10.3 Å². The number of carbonyl (C=O) groups excluding carboxylic acids is 1. The Bertz CT molecular complexity index is 503. The van der Waals surface area contributed by atoms with Crippen molar-refractivity contribution >= 4 is 12.0 Å². The zero-order valence-electron chi connectivity index (χ0n) is 13.0. The number of amides is 2. The molecule has 0 bridgehead atoms. The second-order valence-corrected chi connectivity index (χ2v) is 5.29. The molecule has 116 valence electrons. The van der Waals surface area contributed by atoms with Crippen molar-refractivity contribution in [1.82, 2.24) is 15.2 Å². The van der Waals surface area contributed by atoms with E-state index >= 15 is 0 Å². The van der Waals surface area contributed by atoms with Crippen LogP contribution in [0.4, 0.5) is 4.79 Å². The van der Waals surface area contributed by atoms with Crippen molar-refractivity contribution in [2.45, 2.75) is 40.3 Å². The van der Waals surface area contributed by atoms with Crippen LogP contribution >= 0.6 is 0 Å². The van der Waals surface area contributed by atoms with Crippen molar-refractivity contribution < 1.29 is 14.7 Å². The van der Waals surface area contributed by atoms with Gasteiger partial charge in [-0.25, -0.2) is 9.59 Å². The van der Waals surface area contributed by atoms with Crippen LogP contribution in [0, 0.1) is 12.8 Å². The van der Waals surface area contributed by atoms with Crippen LogP contribution in [-0.2, 0) is 11.3 Å². The standard InChI is InChI=1S/C15H23N3O3/c1-5-18(9-12-8-6-7-11(4)16-12)15(21)17-13(10(2)3)14(19)20/h6-8,10,13H,5,9H2,1-4H3,(H,17,21)(H,19,20). The Balaban J connectivity index is 2.75. The Morgan fingerprint density at radius 2 is 2.05 bits per heavy atom. The summed E-state index contributed by atoms with van der Waals surface area (Å²) in [7, 11) is 0. The van der Waals surface area contributed by atoms with Crippen LogP contribution in [0.1, 0.15) is 32.2 Å². The van der Waals surface area contributed by atoms with Crippen molar-refractivity contribution in [3.05, 3.63) is 29.6 Å². The molecule has 0 saturated carbocycles. The molecular weight excluding hydrogens is 270 g/mol. The fraction of sp³-hybridized carbons (Fsp3) is 0.533. The second kappa shape index (κ2) is 7.61. The zero-order valence-corrected chi connectivity index (χ0v) is 13.0. The van der Waals surface area contributed by atoms with Crippen LogP contribution in [0.2, 0.25) is 0 Å². The number of nitrogens with zero attached hydrogens (tertiary/aromatic N) is 2. The lowest BCUT2D eigenvalue weighted by atomic mass is 10.1. The number of pyridine rings is 1. The van der Waals surface area contributed by atoms with Gasteiger partial charge in [-0.1, -0.05) is 19.9 Å². The minimum Gasteiger partial charge on any atom is -0.480 e. The van der Waals surface area contributed by atoms with Crippen LogP contribution in [0.15, 0.2) is 18.2 Å². The third kappa shape index (κ3) is 5.06. The van der Waals surface area contributed by atoms with Gasteiger partial charge in [0.05, 0.1) is 12.2 Å². The van der Waals surface area contributed by atoms with Crippen LogP contribution in [0.3, 0.4) is 0 Å². The smallest absolute Gasteiger partial charge is 0.326 e. The predicted molar refractivity (Wildman–Crippen MR) is 79.9 cm³/mol. The maximum atomic E-state index is 12.2. The quantitative estimate of drug-likeness (QED) is 0.840. The maximum absolute atomic E-state index is 12.2. The van der Waals surface area contributed by atoms with Crippen LogP contribution in [0.25, 0.3) is 0 Å². The second-order valence-electron chi connectivity index (χ2n) is 5.29. The number of carboxylic acid groups (broad SMARTS) is 1. The molecule has 1 aromatic rings. The summed E-state index contributed by atoms with van der Waals surface area (Å²) in [4.78, 5) is 29.2. The number of carbonyl (C=O) groups is 2. The molecule has 0 aliphatic heterocycles. The van der Waals surface area contributed by atoms with E-state index in [0.717, 1.165) is 11.4 Å². The molecule has 0 aliphatic carbocycles. The van der Waals surface area contributed by atoms with Gasteiger partial charge in [-0.3, -0.25) is 4.98 Å². The molecule has 0 saturated heterocycles. The number of urea groups is 1. The van der Waals surface area contributed by atoms with Gasteiger partial charge in [0.2, 0.25) is 0 Å². The summed E-state index contributed by atoms with van der Waals surface area (Å²) < 4.78 is 0. The average molecular weight is 293 g/mol. The monoisotopic (exact) mass is 293 g/mol. The van der Waals surface area contributed by atoms with E-state index in [-0.39, 0.29) is 11.9 Å². The van der Waals surface area contributed by atoms with Gasteiger partial charge in [0.1, 0.15) is 6.04 Å². The van der Waals surface area contributed by atoms with E-state index in [0.29, 0.717) is 13.1 Å². The first-order chi connectivity index (χ1) is 9.85. The molecule has 0 fully saturated rings. The van der Waals surface area contributed by atoms with Gasteiger partial charge in [0, 0.05) is 12.2 Å². The van der Waals surface area contributed by atoms with Gasteiger partial charge in [-0.2, -0.15) is 0 Å². The van der Waals surface area contributed by atoms with Crippen molar-refractivity contribution in [3.8, 4) is 0 Å². The van der Waals surface area contributed by atoms with Gasteiger partial charge in [-0.05, 0) is 31.9 Å². The first-order valence-corrected chi connectivity index (χ1v) is 7.06. The average Bonchev–Trinajstić information content (AvgIpc) is 2.41. The van der Waals surface area contributed by atoms with Crippen LogP contribution < -0.4 is 5.32 Å². The first kappa shape index (κ1) is 16.9. The molecule has 6 heteroatoms. The SMILES string of the molecule is CCN(Cc1cccc(C)n1)C(=O)NC(C(=O)O)C(C)C. The van der Waals surface area contributed by atoms with Gasteiger partial charge in [-0.15, -0.1) is 0 Å². The lowest BCUT2D eigenvalue weighted by Gasteiger charge is -2.25. The number of carboxylic acids is 1. The van der Waals surface area contributed by atoms with Gasteiger partial charge in [0.25, 0.3) is 0 Å². The molecule has 1 rings (SSSR count). The normalized spacial score (nSPS) is 12.0. The third-order valence-corrected chi connectivity index (χ3v) is 3.18. The largest absolute Gasteiger partial charge is 0.480 e. The molecule has 2 amide bonds. The fourth-order valence-electron chi connectivity index (χ4n) is 1.95. The van der Waals surface area contributed by atoms with E-state index in [1.165, 1.54) is 0 Å². The molecule has 1 heterocycles. The highest BCUT2D eigenvalue weighted by Gasteiger charge is 2.25. The Morgan fingerprint density at radius 3 is 2.52 bits per heavy atom. The predicted octanol–water partition coefficient (Wildman–Crippen LogP) is 2.03. The van der Waals surface area contributed by atoms with Crippen LogP contribution in [0.5, 0.6) is 0 Å². The summed E-state index contributed by atoms with van der Waals surface area (Å²) >= 11 is 0. The molecule has 1 atom stereocenters. The number of hydrogen-bond donors (Lipinski definition) is 2. The highest BCUT2D eigenvalue weighted by molar-refractivity contribution is 5.82. The maximum Gasteiger partial charge on any atom is 0.326 e. The van der Waals surface area contributed by atoms with Crippen LogP contribution in [-0.4, -0.2) is 39.6 Å². The number of aryl methyl sites for hydroxylation is 1. The summed E-state index contributed by atoms with van der Waals surface area (Å²) in [6, 6.07) is 4.34. The number of hydrogen-bond acceptors (Lipinski definition) is 3. The minimum atomic E-state index is -1.02. The number of nitrogens with one attached hydrogen (secondary N) is 1. The minimum absolute atomic E-state index is 0.178. The van der Waals surface area contributed by atoms with E-state index in [1.54, 1.807) is 18.7 Å². The van der Waals surface area contributed by atoms with E-state index in [1.807, 2.05) is 32.0 Å². The molecule has 2 N–H and O–H groups in total. The summed E-state index contributed by atoms with van der Waals surface area (Å²) in [5, 5.41) is 11.7. The Morgan fingerprint density at radius 1 is 1.38 bits per heavy atom. The Labute approximate surface area is 125 Å². The zero-order chi connectivity index (χ0) is 16.0. The number of aromatic nitrogens is 1. The molecule has 0 radical (unpaired) electrons. The van der Waals surface area contributed by atoms with E-state index in [4.69, 9.17) is 5.11 Å². The molecule has 6 nitrogen and oxygen atoms in total. The summed E-state index contributed by atoms with van der Waals surface area (Å²) in [5.74, 6) is -1.20. The van der Waals surface area contributed by atoms with E-state index < -0.39 is 12.0 Å². The van der Waals surface area contributed by atoms with Crippen molar-refractivity contribution in [1.29, 1.82) is 0 Å². The van der Waals surface area contributed by atoms with Crippen molar-refractivity contribution in [2.75, 3.05) is 6.54 Å². The van der Waals surface area contributed by atoms with Gasteiger partial charge < -0.3 is 15.3 Å². The lowest BCUT2D eigenvalue weighted by molar-refractivity contribution is -0.140. The highest BCUT2D eigenvalue weighted by atomic mass is 16.4. The van der Waals surface area contributed by atoms with E-state index in [9.17, 15) is 9.59 Å². The van der Waals surface area contributed by atoms with Gasteiger partial charge in [0.15, 0.2) is 0 Å². The first-order valence-electron chi connectivity index (χ1n) is 7.06. The Kier molecular flexibility index (Phi) is 6.14. The topological polar surface area (TPSA) is 82.5 Å². The molecule has 0 aromatic carbocycles. The molecule has 0 aliphatic rings. The van der Waals surface area contributed by atoms with Crippen molar-refractivity contribution in [2.24, 2.45) is 5.92 Å². The number of aliphatic carboxylic acids is 1. The molecule has 1 aromatic heterocycles. The highest BCUT2D eigenvalue weighted by Crippen LogP contribution is 2.06. The molecular formula is C15H23N3O3. The summed E-state index contributed by atoms with van der Waals surface area (Å²) in [5.41, 5.74) is 1.66. The number of rotatable bonds is 6. The van der Waals surface area contributed by atoms with Crippen molar-refractivity contribution in [3.63, 3.8) is 0 Å². The fourth-order valence-corrected chi connectivity index (χ4v) is 1.95. The third-order valence-electron chi connectivity index (χ3n) is 3.18. The molecule has 0 spiro atoms. The summed E-state index contributed by atoms with van der Waals surface area (Å²) in [6.07, 6.45) is 0. The van der Waals surface area contributed by atoms with Gasteiger partial charge >= 0.3 is 12.0 Å². The molecule has 1 unspecified atom stereocenters.